The van der Waals surface area contributed by atoms with Crippen molar-refractivity contribution in [2.45, 2.75) is 25.0 Å². The fourth-order valence-electron chi connectivity index (χ4n) is 3.02. The third-order valence-electron chi connectivity index (χ3n) is 4.24. The monoisotopic (exact) mass is 358 g/mol. The van der Waals surface area contributed by atoms with E-state index >= 15 is 0 Å². The number of carbonyl (C=O) groups excluding carboxylic acids is 1. The Balaban J connectivity index is 1.39. The molecule has 0 radical (unpaired) electrons. The number of benzene rings is 1. The Morgan fingerprint density at radius 2 is 2.30 bits per heavy atom. The molecule has 2 atom stereocenters. The number of morpholine rings is 1. The van der Waals surface area contributed by atoms with Crippen molar-refractivity contribution in [3.8, 4) is 5.75 Å². The molecule has 0 spiro atoms. The van der Waals surface area contributed by atoms with E-state index in [0.29, 0.717) is 28.4 Å². The Hall–Kier alpha value is -1.01. The van der Waals surface area contributed by atoms with Gasteiger partial charge in [0, 0.05) is 24.2 Å². The number of halogens is 2. The molecule has 126 valence electrons. The van der Waals surface area contributed by atoms with Gasteiger partial charge >= 0.3 is 0 Å². The molecule has 5 nitrogen and oxygen atoms in total. The van der Waals surface area contributed by atoms with E-state index in [9.17, 15) is 4.79 Å². The first-order valence-corrected chi connectivity index (χ1v) is 8.57. The predicted molar refractivity (Wildman–Crippen MR) is 89.3 cm³/mol. The van der Waals surface area contributed by atoms with Gasteiger partial charge in [0.15, 0.2) is 6.61 Å². The van der Waals surface area contributed by atoms with Crippen molar-refractivity contribution in [3.63, 3.8) is 0 Å². The van der Waals surface area contributed by atoms with E-state index in [-0.39, 0.29) is 18.6 Å². The first kappa shape index (κ1) is 16.8. The van der Waals surface area contributed by atoms with Gasteiger partial charge in [0.25, 0.3) is 5.91 Å². The number of fused-ring (bicyclic) bond motifs is 1. The van der Waals surface area contributed by atoms with Crippen LogP contribution in [0.4, 0.5) is 0 Å². The average Bonchev–Trinajstić information content (AvgIpc) is 2.99. The number of amides is 1. The van der Waals surface area contributed by atoms with Crippen molar-refractivity contribution < 1.29 is 14.3 Å². The molecule has 2 unspecified atom stereocenters. The number of hydrogen-bond acceptors (Lipinski definition) is 4. The van der Waals surface area contributed by atoms with Gasteiger partial charge in [-0.3, -0.25) is 9.69 Å². The zero-order valence-electron chi connectivity index (χ0n) is 12.8. The summed E-state index contributed by atoms with van der Waals surface area (Å²) in [5.74, 6) is 0.253. The molecule has 7 heteroatoms. The molecule has 2 heterocycles. The molecule has 0 saturated carbocycles. The Kier molecular flexibility index (Phi) is 5.64. The van der Waals surface area contributed by atoms with E-state index in [2.05, 4.69) is 10.2 Å². The maximum Gasteiger partial charge on any atom is 0.258 e. The summed E-state index contributed by atoms with van der Waals surface area (Å²) in [4.78, 5) is 14.3. The van der Waals surface area contributed by atoms with Gasteiger partial charge in [-0.05, 0) is 37.6 Å². The van der Waals surface area contributed by atoms with Gasteiger partial charge in [0.05, 0.1) is 17.7 Å². The molecular formula is C16H20Cl2N2O3. The third kappa shape index (κ3) is 4.51. The van der Waals surface area contributed by atoms with Crippen molar-refractivity contribution in [3.05, 3.63) is 28.2 Å². The quantitative estimate of drug-likeness (QED) is 0.877. The fraction of sp³-hybridized carbons (Fsp3) is 0.562. The van der Waals surface area contributed by atoms with E-state index in [1.54, 1.807) is 18.2 Å². The molecule has 2 aliphatic rings. The van der Waals surface area contributed by atoms with Gasteiger partial charge in [-0.15, -0.1) is 0 Å². The highest BCUT2D eigenvalue weighted by molar-refractivity contribution is 6.35. The number of nitrogens with one attached hydrogen (secondary N) is 1. The second-order valence-electron chi connectivity index (χ2n) is 5.91. The Morgan fingerprint density at radius 1 is 1.43 bits per heavy atom. The Labute approximate surface area is 145 Å². The molecule has 0 aliphatic carbocycles. The van der Waals surface area contributed by atoms with Crippen LogP contribution in [0.5, 0.6) is 5.75 Å². The van der Waals surface area contributed by atoms with Crippen molar-refractivity contribution in [2.75, 3.05) is 32.8 Å². The molecule has 2 saturated heterocycles. The second kappa shape index (κ2) is 7.71. The number of nitrogens with zero attached hydrogens (tertiary/aromatic N) is 1. The summed E-state index contributed by atoms with van der Waals surface area (Å²) in [5, 5.41) is 3.77. The van der Waals surface area contributed by atoms with Crippen LogP contribution in [0.3, 0.4) is 0 Å². The molecule has 23 heavy (non-hydrogen) atoms. The van der Waals surface area contributed by atoms with E-state index in [1.165, 1.54) is 12.8 Å². The minimum Gasteiger partial charge on any atom is -0.482 e. The first-order valence-electron chi connectivity index (χ1n) is 7.82. The molecule has 1 N–H and O–H groups in total. The highest BCUT2D eigenvalue weighted by atomic mass is 35.5. The van der Waals surface area contributed by atoms with E-state index in [4.69, 9.17) is 32.7 Å². The van der Waals surface area contributed by atoms with Crippen LogP contribution in [-0.4, -0.2) is 55.8 Å². The van der Waals surface area contributed by atoms with Gasteiger partial charge in [-0.2, -0.15) is 0 Å². The minimum absolute atomic E-state index is 0.0485. The number of ether oxygens (including phenoxy) is 2. The Morgan fingerprint density at radius 3 is 3.13 bits per heavy atom. The molecule has 1 aromatic carbocycles. The summed E-state index contributed by atoms with van der Waals surface area (Å²) in [7, 11) is 0. The fourth-order valence-corrected chi connectivity index (χ4v) is 3.49. The van der Waals surface area contributed by atoms with Crippen LogP contribution in [0.15, 0.2) is 18.2 Å². The maximum absolute atomic E-state index is 11.9. The normalized spacial score (nSPS) is 24.3. The molecule has 2 aliphatic heterocycles. The van der Waals surface area contributed by atoms with Crippen molar-refractivity contribution in [1.29, 1.82) is 0 Å². The topological polar surface area (TPSA) is 50.8 Å². The van der Waals surface area contributed by atoms with Gasteiger partial charge < -0.3 is 14.8 Å². The van der Waals surface area contributed by atoms with E-state index in [1.807, 2.05) is 0 Å². The summed E-state index contributed by atoms with van der Waals surface area (Å²) in [5.41, 5.74) is 0. The predicted octanol–water partition coefficient (Wildman–Crippen LogP) is 2.35. The molecule has 0 aromatic heterocycles. The summed E-state index contributed by atoms with van der Waals surface area (Å²) in [6, 6.07) is 5.47. The summed E-state index contributed by atoms with van der Waals surface area (Å²) in [6.07, 6.45) is 2.50. The van der Waals surface area contributed by atoms with Crippen molar-refractivity contribution >= 4 is 29.1 Å². The third-order valence-corrected chi connectivity index (χ3v) is 4.77. The first-order chi connectivity index (χ1) is 11.1. The van der Waals surface area contributed by atoms with Crippen LogP contribution in [0.2, 0.25) is 10.0 Å². The van der Waals surface area contributed by atoms with Crippen molar-refractivity contribution in [1.82, 2.24) is 10.2 Å². The number of rotatable bonds is 5. The Bertz CT molecular complexity index is 570. The van der Waals surface area contributed by atoms with Gasteiger partial charge in [0.1, 0.15) is 5.75 Å². The van der Waals surface area contributed by atoms with Crippen LogP contribution >= 0.6 is 23.2 Å². The standard InChI is InChI=1S/C16H20Cl2N2O3/c17-11-3-4-15(14(18)6-11)23-10-16(21)19-7-13-8-20-5-1-2-12(20)9-22-13/h3-4,6,12-13H,1-2,5,7-10H2,(H,19,21). The zero-order valence-corrected chi connectivity index (χ0v) is 14.3. The van der Waals surface area contributed by atoms with E-state index in [0.717, 1.165) is 19.7 Å². The molecule has 3 rings (SSSR count). The van der Waals surface area contributed by atoms with Gasteiger partial charge in [-0.25, -0.2) is 0 Å². The lowest BCUT2D eigenvalue weighted by Crippen LogP contribution is -2.50. The van der Waals surface area contributed by atoms with Gasteiger partial charge in [-0.1, -0.05) is 23.2 Å². The molecular weight excluding hydrogens is 339 g/mol. The van der Waals surface area contributed by atoms with Crippen LogP contribution in [0.25, 0.3) is 0 Å². The lowest BCUT2D eigenvalue weighted by Gasteiger charge is -2.35. The van der Waals surface area contributed by atoms with E-state index < -0.39 is 0 Å². The zero-order chi connectivity index (χ0) is 16.2. The maximum atomic E-state index is 11.9. The smallest absolute Gasteiger partial charge is 0.258 e. The highest BCUT2D eigenvalue weighted by Gasteiger charge is 2.32. The van der Waals surface area contributed by atoms with Crippen LogP contribution in [0.1, 0.15) is 12.8 Å². The minimum atomic E-state index is -0.192. The van der Waals surface area contributed by atoms with Crippen molar-refractivity contribution in [2.24, 2.45) is 0 Å². The summed E-state index contributed by atoms with van der Waals surface area (Å²) < 4.78 is 11.2. The molecule has 2 fully saturated rings. The lowest BCUT2D eigenvalue weighted by molar-refractivity contribution is -0.124. The van der Waals surface area contributed by atoms with Gasteiger partial charge in [0.2, 0.25) is 0 Å². The number of carbonyl (C=O) groups is 1. The second-order valence-corrected chi connectivity index (χ2v) is 6.76. The largest absolute Gasteiger partial charge is 0.482 e. The number of hydrogen-bond donors (Lipinski definition) is 1. The van der Waals surface area contributed by atoms with Crippen LogP contribution < -0.4 is 10.1 Å². The lowest BCUT2D eigenvalue weighted by atomic mass is 10.2. The highest BCUT2D eigenvalue weighted by Crippen LogP contribution is 2.27. The average molecular weight is 359 g/mol. The molecule has 1 aromatic rings. The van der Waals surface area contributed by atoms with Crippen LogP contribution in [0, 0.1) is 0 Å². The summed E-state index contributed by atoms with van der Waals surface area (Å²) >= 11 is 11.8. The SMILES string of the molecule is O=C(COc1ccc(Cl)cc1Cl)NCC1CN2CCCC2CO1. The molecule has 1 amide bonds. The van der Waals surface area contributed by atoms with Crippen LogP contribution in [-0.2, 0) is 9.53 Å². The molecule has 0 bridgehead atoms. The summed E-state index contributed by atoms with van der Waals surface area (Å²) in [6.45, 7) is 3.20.